The number of alkyl halides is 3. The van der Waals surface area contributed by atoms with Crippen LogP contribution in [0.5, 0.6) is 0 Å². The van der Waals surface area contributed by atoms with Crippen LogP contribution < -0.4 is 5.32 Å². The molecule has 0 aromatic heterocycles. The molecule has 0 saturated carbocycles. The van der Waals surface area contributed by atoms with Crippen molar-refractivity contribution < 1.29 is 18.0 Å². The zero-order chi connectivity index (χ0) is 15.2. The Bertz CT molecular complexity index is 443. The summed E-state index contributed by atoms with van der Waals surface area (Å²) in [5.74, 6) is -0.575. The van der Waals surface area contributed by atoms with Gasteiger partial charge in [0.15, 0.2) is 0 Å². The van der Waals surface area contributed by atoms with Crippen LogP contribution in [0.1, 0.15) is 45.1 Å². The molecule has 0 aliphatic heterocycles. The Morgan fingerprint density at radius 2 is 1.90 bits per heavy atom. The van der Waals surface area contributed by atoms with Crippen molar-refractivity contribution in [3.8, 4) is 0 Å². The van der Waals surface area contributed by atoms with E-state index < -0.39 is 11.7 Å². The van der Waals surface area contributed by atoms with E-state index in [4.69, 9.17) is 0 Å². The summed E-state index contributed by atoms with van der Waals surface area (Å²) in [6.45, 7) is 3.89. The molecule has 1 rings (SSSR count). The number of nitrogens with one attached hydrogen (secondary N) is 1. The first kappa shape index (κ1) is 16.5. The van der Waals surface area contributed by atoms with Crippen LogP contribution in [0.25, 0.3) is 0 Å². The topological polar surface area (TPSA) is 29.1 Å². The van der Waals surface area contributed by atoms with E-state index in [1.54, 1.807) is 0 Å². The number of benzene rings is 1. The lowest BCUT2D eigenvalue weighted by atomic mass is 9.98. The highest BCUT2D eigenvalue weighted by Gasteiger charge is 2.33. The lowest BCUT2D eigenvalue weighted by molar-refractivity contribution is -0.137. The van der Waals surface area contributed by atoms with Gasteiger partial charge in [-0.25, -0.2) is 0 Å². The third kappa shape index (κ3) is 4.54. The van der Waals surface area contributed by atoms with Gasteiger partial charge >= 0.3 is 6.18 Å². The van der Waals surface area contributed by atoms with E-state index >= 15 is 0 Å². The Labute approximate surface area is 117 Å². The molecule has 0 radical (unpaired) electrons. The van der Waals surface area contributed by atoms with Crippen molar-refractivity contribution >= 4 is 11.6 Å². The van der Waals surface area contributed by atoms with Crippen molar-refractivity contribution in [2.24, 2.45) is 5.92 Å². The lowest BCUT2D eigenvalue weighted by Gasteiger charge is -2.17. The molecule has 0 unspecified atom stereocenters. The predicted molar refractivity (Wildman–Crippen MR) is 73.4 cm³/mol. The summed E-state index contributed by atoms with van der Waals surface area (Å²) in [7, 11) is 0. The maximum Gasteiger partial charge on any atom is 0.418 e. The van der Waals surface area contributed by atoms with E-state index in [1.165, 1.54) is 18.2 Å². The predicted octanol–water partition coefficient (Wildman–Crippen LogP) is 4.86. The average molecular weight is 287 g/mol. The smallest absolute Gasteiger partial charge is 0.325 e. The van der Waals surface area contributed by atoms with Crippen LogP contribution in [0.2, 0.25) is 0 Å². The molecule has 0 fully saturated rings. The molecule has 1 aromatic rings. The monoisotopic (exact) mass is 287 g/mol. The van der Waals surface area contributed by atoms with E-state index in [-0.39, 0.29) is 17.5 Å². The number of carbonyl (C=O) groups excluding carboxylic acids is 1. The van der Waals surface area contributed by atoms with Gasteiger partial charge in [-0.2, -0.15) is 13.2 Å². The minimum absolute atomic E-state index is 0.167. The Balaban J connectivity index is 2.85. The zero-order valence-corrected chi connectivity index (χ0v) is 11.8. The van der Waals surface area contributed by atoms with Crippen LogP contribution in [0, 0.1) is 5.92 Å². The molecule has 0 saturated heterocycles. The van der Waals surface area contributed by atoms with E-state index in [0.29, 0.717) is 12.8 Å². The maximum absolute atomic E-state index is 12.8. The highest BCUT2D eigenvalue weighted by atomic mass is 19.4. The normalized spacial score (nSPS) is 13.1. The maximum atomic E-state index is 12.8. The van der Waals surface area contributed by atoms with Crippen molar-refractivity contribution in [1.82, 2.24) is 0 Å². The summed E-state index contributed by atoms with van der Waals surface area (Å²) in [5.41, 5.74) is -0.973. The second-order valence-corrected chi connectivity index (χ2v) is 4.78. The molecule has 1 atom stereocenters. The second-order valence-electron chi connectivity index (χ2n) is 4.78. The number of para-hydroxylation sites is 1. The van der Waals surface area contributed by atoms with Crippen LogP contribution in [-0.2, 0) is 11.0 Å². The standard InChI is InChI=1S/C15H20F3NO/c1-3-5-8-11(4-2)14(20)19-13-10-7-6-9-12(13)15(16,17)18/h6-7,9-11H,3-5,8H2,1-2H3,(H,19,20)/t11-/m0/s1. The minimum Gasteiger partial charge on any atom is -0.325 e. The van der Waals surface area contributed by atoms with Gasteiger partial charge in [-0.05, 0) is 25.0 Å². The van der Waals surface area contributed by atoms with Crippen molar-refractivity contribution in [1.29, 1.82) is 0 Å². The van der Waals surface area contributed by atoms with Crippen molar-refractivity contribution in [3.05, 3.63) is 29.8 Å². The molecule has 0 aliphatic carbocycles. The highest BCUT2D eigenvalue weighted by Crippen LogP contribution is 2.34. The molecule has 1 aromatic carbocycles. The Hall–Kier alpha value is -1.52. The van der Waals surface area contributed by atoms with Crippen LogP contribution >= 0.6 is 0 Å². The molecule has 2 nitrogen and oxygen atoms in total. The molecule has 0 bridgehead atoms. The zero-order valence-electron chi connectivity index (χ0n) is 11.8. The van der Waals surface area contributed by atoms with Crippen molar-refractivity contribution in [3.63, 3.8) is 0 Å². The van der Waals surface area contributed by atoms with E-state index in [1.807, 2.05) is 13.8 Å². The van der Waals surface area contributed by atoms with Crippen molar-refractivity contribution in [2.75, 3.05) is 5.32 Å². The number of anilines is 1. The molecule has 5 heteroatoms. The van der Waals surface area contributed by atoms with Gasteiger partial charge in [0, 0.05) is 5.92 Å². The second kappa shape index (κ2) is 7.31. The molecule has 0 spiro atoms. The van der Waals surface area contributed by atoms with E-state index in [9.17, 15) is 18.0 Å². The van der Waals surface area contributed by atoms with Crippen LogP contribution in [0.3, 0.4) is 0 Å². The molecule has 0 heterocycles. The van der Waals surface area contributed by atoms with Gasteiger partial charge < -0.3 is 5.32 Å². The molecule has 20 heavy (non-hydrogen) atoms. The van der Waals surface area contributed by atoms with Gasteiger partial charge in [-0.1, -0.05) is 38.8 Å². The Kier molecular flexibility index (Phi) is 6.05. The summed E-state index contributed by atoms with van der Waals surface area (Å²) in [6, 6.07) is 5.06. The quantitative estimate of drug-likeness (QED) is 0.795. The number of carbonyl (C=O) groups is 1. The van der Waals surface area contributed by atoms with E-state index in [0.717, 1.165) is 18.9 Å². The number of hydrogen-bond acceptors (Lipinski definition) is 1. The fourth-order valence-corrected chi connectivity index (χ4v) is 2.05. The third-order valence-electron chi connectivity index (χ3n) is 3.26. The fraction of sp³-hybridized carbons (Fsp3) is 0.533. The first-order valence-corrected chi connectivity index (χ1v) is 6.87. The first-order chi connectivity index (χ1) is 9.40. The molecular formula is C15H20F3NO. The van der Waals surface area contributed by atoms with E-state index in [2.05, 4.69) is 5.32 Å². The summed E-state index contributed by atoms with van der Waals surface area (Å²) < 4.78 is 38.5. The average Bonchev–Trinajstić information content (AvgIpc) is 2.39. The van der Waals surface area contributed by atoms with Gasteiger partial charge in [0.25, 0.3) is 0 Å². The first-order valence-electron chi connectivity index (χ1n) is 6.87. The lowest BCUT2D eigenvalue weighted by Crippen LogP contribution is -2.24. The van der Waals surface area contributed by atoms with Gasteiger partial charge in [-0.15, -0.1) is 0 Å². The molecule has 0 aliphatic rings. The number of hydrogen-bond donors (Lipinski definition) is 1. The Morgan fingerprint density at radius 3 is 2.45 bits per heavy atom. The highest BCUT2D eigenvalue weighted by molar-refractivity contribution is 5.93. The molecular weight excluding hydrogens is 267 g/mol. The van der Waals surface area contributed by atoms with Gasteiger partial charge in [0.2, 0.25) is 5.91 Å². The summed E-state index contributed by atoms with van der Waals surface area (Å²) in [5, 5.41) is 2.42. The van der Waals surface area contributed by atoms with Gasteiger partial charge in [0.1, 0.15) is 0 Å². The van der Waals surface area contributed by atoms with Crippen LogP contribution in [-0.4, -0.2) is 5.91 Å². The molecule has 1 amide bonds. The molecule has 1 N–H and O–H groups in total. The van der Waals surface area contributed by atoms with Gasteiger partial charge in [0.05, 0.1) is 11.3 Å². The largest absolute Gasteiger partial charge is 0.418 e. The SMILES string of the molecule is CCCC[C@H](CC)C(=O)Nc1ccccc1C(F)(F)F. The summed E-state index contributed by atoms with van der Waals surface area (Å²) >= 11 is 0. The third-order valence-corrected chi connectivity index (χ3v) is 3.26. The van der Waals surface area contributed by atoms with Crippen molar-refractivity contribution in [2.45, 2.75) is 45.7 Å². The minimum atomic E-state index is -4.46. The number of unbranched alkanes of at least 4 members (excludes halogenated alkanes) is 1. The van der Waals surface area contributed by atoms with Crippen LogP contribution in [0.15, 0.2) is 24.3 Å². The fourth-order valence-electron chi connectivity index (χ4n) is 2.05. The number of halogens is 3. The Morgan fingerprint density at radius 1 is 1.25 bits per heavy atom. The van der Waals surface area contributed by atoms with Gasteiger partial charge in [-0.3, -0.25) is 4.79 Å². The summed E-state index contributed by atoms with van der Waals surface area (Å²) in [6.07, 6.45) is -1.28. The molecule has 112 valence electrons. The number of amides is 1. The number of rotatable bonds is 6. The van der Waals surface area contributed by atoms with Crippen LogP contribution in [0.4, 0.5) is 18.9 Å². The summed E-state index contributed by atoms with van der Waals surface area (Å²) in [4.78, 5) is 12.1.